The molecule has 0 saturated heterocycles. The highest BCUT2D eigenvalue weighted by Crippen LogP contribution is 2.25. The lowest BCUT2D eigenvalue weighted by Crippen LogP contribution is -2.13. The molecule has 15 heavy (non-hydrogen) atoms. The summed E-state index contributed by atoms with van der Waals surface area (Å²) in [6, 6.07) is 9.56. The monoisotopic (exact) mass is 223 g/mol. The Balaban J connectivity index is 2.46. The van der Waals surface area contributed by atoms with Crippen LogP contribution in [0.4, 0.5) is 0 Å². The summed E-state index contributed by atoms with van der Waals surface area (Å²) in [7, 11) is 0. The standard InChI is InChI=1S/C12H14ClNO/c1-12(2,9-14)7-8-15-11-6-4-3-5-10(11)13/h3-6H,7-8H2,1-2H3. The third-order valence-corrected chi connectivity index (χ3v) is 2.44. The molecule has 0 spiro atoms. The second kappa shape index (κ2) is 5.04. The molecule has 0 aliphatic carbocycles. The van der Waals surface area contributed by atoms with E-state index in [1.54, 1.807) is 6.07 Å². The van der Waals surface area contributed by atoms with Crippen molar-refractivity contribution in [2.75, 3.05) is 6.61 Å². The Morgan fingerprint density at radius 3 is 2.67 bits per heavy atom. The molecule has 3 heteroatoms. The zero-order valence-corrected chi connectivity index (χ0v) is 9.71. The van der Waals surface area contributed by atoms with Crippen LogP contribution in [0.15, 0.2) is 24.3 Å². The summed E-state index contributed by atoms with van der Waals surface area (Å²) in [5, 5.41) is 9.42. The molecule has 0 amide bonds. The van der Waals surface area contributed by atoms with Crippen molar-refractivity contribution in [1.82, 2.24) is 0 Å². The molecule has 1 aromatic rings. The van der Waals surface area contributed by atoms with Crippen LogP contribution in [0.3, 0.4) is 0 Å². The quantitative estimate of drug-likeness (QED) is 0.781. The van der Waals surface area contributed by atoms with E-state index in [2.05, 4.69) is 6.07 Å². The molecule has 0 fully saturated rings. The molecule has 0 atom stereocenters. The zero-order chi connectivity index (χ0) is 11.3. The van der Waals surface area contributed by atoms with Gasteiger partial charge in [0.1, 0.15) is 5.75 Å². The van der Waals surface area contributed by atoms with E-state index < -0.39 is 0 Å². The first-order chi connectivity index (χ1) is 7.05. The largest absolute Gasteiger partial charge is 0.492 e. The number of rotatable bonds is 4. The Bertz CT molecular complexity index is 368. The van der Waals surface area contributed by atoms with Gasteiger partial charge in [-0.1, -0.05) is 23.7 Å². The first kappa shape index (κ1) is 11.9. The molecule has 0 radical (unpaired) electrons. The van der Waals surface area contributed by atoms with E-state index in [9.17, 15) is 0 Å². The van der Waals surface area contributed by atoms with Gasteiger partial charge < -0.3 is 4.74 Å². The normalized spacial score (nSPS) is 10.8. The molecule has 1 rings (SSSR count). The number of benzene rings is 1. The average molecular weight is 224 g/mol. The maximum Gasteiger partial charge on any atom is 0.137 e. The summed E-state index contributed by atoms with van der Waals surface area (Å²) in [6.07, 6.45) is 0.689. The first-order valence-corrected chi connectivity index (χ1v) is 5.21. The average Bonchev–Trinajstić information content (AvgIpc) is 2.21. The topological polar surface area (TPSA) is 33.0 Å². The van der Waals surface area contributed by atoms with Gasteiger partial charge in [0.2, 0.25) is 0 Å². The maximum absolute atomic E-state index is 8.81. The fourth-order valence-electron chi connectivity index (χ4n) is 1.03. The molecule has 1 aromatic carbocycles. The van der Waals surface area contributed by atoms with Gasteiger partial charge in [-0.3, -0.25) is 0 Å². The van der Waals surface area contributed by atoms with Crippen LogP contribution in [0.1, 0.15) is 20.3 Å². The molecule has 0 heterocycles. The molecule has 0 bridgehead atoms. The second-order valence-electron chi connectivity index (χ2n) is 4.02. The minimum absolute atomic E-state index is 0.346. The van der Waals surface area contributed by atoms with Crippen molar-refractivity contribution in [3.8, 4) is 11.8 Å². The third kappa shape index (κ3) is 3.81. The number of para-hydroxylation sites is 1. The second-order valence-corrected chi connectivity index (χ2v) is 4.43. The molecule has 0 aliphatic rings. The van der Waals surface area contributed by atoms with Gasteiger partial charge in [0.25, 0.3) is 0 Å². The highest BCUT2D eigenvalue weighted by Gasteiger charge is 2.16. The van der Waals surface area contributed by atoms with Crippen LogP contribution in [0, 0.1) is 16.7 Å². The predicted octanol–water partition coefficient (Wildman–Crippen LogP) is 3.66. The van der Waals surface area contributed by atoms with E-state index in [1.807, 2.05) is 32.0 Å². The number of nitrogens with zero attached hydrogens (tertiary/aromatic N) is 1. The maximum atomic E-state index is 8.81. The van der Waals surface area contributed by atoms with E-state index in [-0.39, 0.29) is 5.41 Å². The molecule has 0 saturated carbocycles. The van der Waals surface area contributed by atoms with Gasteiger partial charge in [-0.05, 0) is 32.4 Å². The van der Waals surface area contributed by atoms with Gasteiger partial charge in [0.15, 0.2) is 0 Å². The summed E-state index contributed by atoms with van der Waals surface area (Å²) < 4.78 is 5.49. The lowest BCUT2D eigenvalue weighted by atomic mass is 9.92. The van der Waals surface area contributed by atoms with Crippen LogP contribution in [0.5, 0.6) is 5.75 Å². The minimum atomic E-state index is -0.346. The highest BCUT2D eigenvalue weighted by atomic mass is 35.5. The smallest absolute Gasteiger partial charge is 0.137 e. The Labute approximate surface area is 95.4 Å². The Hall–Kier alpha value is -1.20. The van der Waals surface area contributed by atoms with Crippen LogP contribution < -0.4 is 4.74 Å². The molecule has 80 valence electrons. The van der Waals surface area contributed by atoms with Crippen molar-refractivity contribution in [2.45, 2.75) is 20.3 Å². The van der Waals surface area contributed by atoms with Crippen molar-refractivity contribution < 1.29 is 4.74 Å². The molecule has 0 aliphatic heterocycles. The fourth-order valence-corrected chi connectivity index (χ4v) is 1.22. The van der Waals surface area contributed by atoms with E-state index in [0.717, 1.165) is 0 Å². The van der Waals surface area contributed by atoms with Crippen molar-refractivity contribution in [3.63, 3.8) is 0 Å². The van der Waals surface area contributed by atoms with Crippen molar-refractivity contribution >= 4 is 11.6 Å². The van der Waals surface area contributed by atoms with Gasteiger partial charge in [-0.2, -0.15) is 5.26 Å². The molecule has 0 unspecified atom stereocenters. The van der Waals surface area contributed by atoms with Crippen molar-refractivity contribution in [2.24, 2.45) is 5.41 Å². The van der Waals surface area contributed by atoms with E-state index in [4.69, 9.17) is 21.6 Å². The van der Waals surface area contributed by atoms with Gasteiger partial charge in [0.05, 0.1) is 23.1 Å². The lowest BCUT2D eigenvalue weighted by molar-refractivity contribution is 0.264. The minimum Gasteiger partial charge on any atom is -0.492 e. The summed E-state index contributed by atoms with van der Waals surface area (Å²) in [5.74, 6) is 0.674. The van der Waals surface area contributed by atoms with Gasteiger partial charge in [-0.15, -0.1) is 0 Å². The Morgan fingerprint density at radius 2 is 2.07 bits per heavy atom. The molecule has 0 N–H and O–H groups in total. The van der Waals surface area contributed by atoms with Crippen LogP contribution in [-0.2, 0) is 0 Å². The van der Waals surface area contributed by atoms with Crippen LogP contribution in [0.2, 0.25) is 5.02 Å². The van der Waals surface area contributed by atoms with Gasteiger partial charge in [0, 0.05) is 0 Å². The SMILES string of the molecule is CC(C)(C#N)CCOc1ccccc1Cl. The van der Waals surface area contributed by atoms with Crippen molar-refractivity contribution in [3.05, 3.63) is 29.3 Å². The molecular weight excluding hydrogens is 210 g/mol. The lowest BCUT2D eigenvalue weighted by Gasteiger charge is -2.15. The molecule has 0 aromatic heterocycles. The van der Waals surface area contributed by atoms with Gasteiger partial charge >= 0.3 is 0 Å². The van der Waals surface area contributed by atoms with Crippen LogP contribution in [-0.4, -0.2) is 6.61 Å². The highest BCUT2D eigenvalue weighted by molar-refractivity contribution is 6.32. The summed E-state index contributed by atoms with van der Waals surface area (Å²) in [5.41, 5.74) is -0.346. The molecular formula is C12H14ClNO. The number of hydrogen-bond acceptors (Lipinski definition) is 2. The van der Waals surface area contributed by atoms with Gasteiger partial charge in [-0.25, -0.2) is 0 Å². The van der Waals surface area contributed by atoms with E-state index in [1.165, 1.54) is 0 Å². The van der Waals surface area contributed by atoms with Crippen LogP contribution >= 0.6 is 11.6 Å². The zero-order valence-electron chi connectivity index (χ0n) is 8.96. The Kier molecular flexibility index (Phi) is 3.99. The number of hydrogen-bond donors (Lipinski definition) is 0. The van der Waals surface area contributed by atoms with Crippen molar-refractivity contribution in [1.29, 1.82) is 5.26 Å². The van der Waals surface area contributed by atoms with Crippen LogP contribution in [0.25, 0.3) is 0 Å². The number of ether oxygens (including phenoxy) is 1. The number of nitriles is 1. The fraction of sp³-hybridized carbons (Fsp3) is 0.417. The summed E-state index contributed by atoms with van der Waals surface area (Å²) >= 11 is 5.92. The molecule has 2 nitrogen and oxygen atoms in total. The summed E-state index contributed by atoms with van der Waals surface area (Å²) in [4.78, 5) is 0. The van der Waals surface area contributed by atoms with E-state index >= 15 is 0 Å². The first-order valence-electron chi connectivity index (χ1n) is 4.84. The third-order valence-electron chi connectivity index (χ3n) is 2.12. The van der Waals surface area contributed by atoms with E-state index in [0.29, 0.717) is 23.8 Å². The Morgan fingerprint density at radius 1 is 1.40 bits per heavy atom. The summed E-state index contributed by atoms with van der Waals surface area (Å²) in [6.45, 7) is 4.29. The predicted molar refractivity (Wildman–Crippen MR) is 61.0 cm³/mol. The number of halogens is 1.